The summed E-state index contributed by atoms with van der Waals surface area (Å²) in [5.41, 5.74) is 2.65. The zero-order valence-corrected chi connectivity index (χ0v) is 23.3. The van der Waals surface area contributed by atoms with Crippen molar-refractivity contribution in [2.75, 3.05) is 69.1 Å². The van der Waals surface area contributed by atoms with Gasteiger partial charge in [0.25, 0.3) is 0 Å². The molecule has 1 aliphatic heterocycles. The van der Waals surface area contributed by atoms with Crippen molar-refractivity contribution in [3.05, 3.63) is 66.5 Å². The number of likely N-dealkylation sites (N-methyl/N-ethyl adjacent to an activating group) is 1. The monoisotopic (exact) mass is 564 g/mol. The highest BCUT2D eigenvalue weighted by Crippen LogP contribution is 2.44. The first-order chi connectivity index (χ1) is 19.6. The normalized spacial score (nSPS) is 14.3. The number of ether oxygens (including phenoxy) is 1. The van der Waals surface area contributed by atoms with Crippen molar-refractivity contribution >= 4 is 40.1 Å². The predicted molar refractivity (Wildman–Crippen MR) is 155 cm³/mol. The van der Waals surface area contributed by atoms with Crippen molar-refractivity contribution in [1.82, 2.24) is 14.9 Å². The molecule has 0 saturated carbocycles. The lowest BCUT2D eigenvalue weighted by Crippen LogP contribution is -2.45. The topological polar surface area (TPSA) is 65.0 Å². The second-order valence-corrected chi connectivity index (χ2v) is 10.2. The average Bonchev–Trinajstić information content (AvgIpc) is 2.97. The molecule has 4 aromatic rings. The number of aromatic nitrogens is 2. The number of alkyl halides is 3. The lowest BCUT2D eigenvalue weighted by Gasteiger charge is -2.36. The Morgan fingerprint density at radius 1 is 0.927 bits per heavy atom. The van der Waals surface area contributed by atoms with Crippen LogP contribution in [0.1, 0.15) is 5.56 Å². The molecule has 0 atom stereocenters. The van der Waals surface area contributed by atoms with Crippen LogP contribution in [0.15, 0.2) is 60.9 Å². The van der Waals surface area contributed by atoms with E-state index in [4.69, 9.17) is 4.74 Å². The smallest absolute Gasteiger partial charge is 0.418 e. The number of piperazine rings is 1. The highest BCUT2D eigenvalue weighted by atomic mass is 19.4. The van der Waals surface area contributed by atoms with Gasteiger partial charge in [-0.05, 0) is 49.0 Å². The van der Waals surface area contributed by atoms with Gasteiger partial charge in [-0.1, -0.05) is 6.07 Å². The molecule has 0 N–H and O–H groups in total. The highest BCUT2D eigenvalue weighted by molar-refractivity contribution is 6.07. The van der Waals surface area contributed by atoms with Crippen molar-refractivity contribution in [1.29, 1.82) is 0 Å². The number of nitrogens with zero attached hydrogens (tertiary/aromatic N) is 6. The molecule has 2 aromatic heterocycles. The van der Waals surface area contributed by atoms with Crippen LogP contribution >= 0.6 is 0 Å². The number of carbonyl (C=O) groups is 1. The van der Waals surface area contributed by atoms with Crippen molar-refractivity contribution in [2.45, 2.75) is 6.18 Å². The maximum atomic E-state index is 14.4. The third kappa shape index (κ3) is 5.62. The van der Waals surface area contributed by atoms with Crippen LogP contribution in [-0.2, 0) is 11.0 Å². The quantitative estimate of drug-likeness (QED) is 0.277. The fourth-order valence-corrected chi connectivity index (χ4v) is 5.07. The Labute approximate surface area is 236 Å². The van der Waals surface area contributed by atoms with Gasteiger partial charge in [0.05, 0.1) is 35.8 Å². The van der Waals surface area contributed by atoms with Gasteiger partial charge in [-0.25, -0.2) is 4.98 Å². The van der Waals surface area contributed by atoms with Crippen molar-refractivity contribution in [2.24, 2.45) is 0 Å². The Kier molecular flexibility index (Phi) is 7.72. The van der Waals surface area contributed by atoms with Crippen LogP contribution in [0.2, 0.25) is 0 Å². The molecule has 1 saturated heterocycles. The number of pyridine rings is 2. The van der Waals surface area contributed by atoms with Gasteiger partial charge in [-0.3, -0.25) is 14.7 Å². The number of rotatable bonds is 7. The molecule has 1 amide bonds. The zero-order valence-electron chi connectivity index (χ0n) is 23.3. The maximum absolute atomic E-state index is 14.4. The number of fused-ring (bicyclic) bond motifs is 1. The van der Waals surface area contributed by atoms with Gasteiger partial charge in [-0.2, -0.15) is 13.2 Å². The fourth-order valence-electron chi connectivity index (χ4n) is 5.07. The molecular formula is C30H31F3N6O2. The second kappa shape index (κ2) is 11.2. The minimum atomic E-state index is -4.61. The molecule has 1 fully saturated rings. The molecule has 0 unspecified atom stereocenters. The third-order valence-corrected chi connectivity index (χ3v) is 7.33. The summed E-state index contributed by atoms with van der Waals surface area (Å²) < 4.78 is 48.4. The number of amides is 1. The van der Waals surface area contributed by atoms with Gasteiger partial charge in [0, 0.05) is 74.9 Å². The van der Waals surface area contributed by atoms with Gasteiger partial charge in [0.15, 0.2) is 0 Å². The number of hydrogen-bond acceptors (Lipinski definition) is 7. The number of halogens is 3. The Morgan fingerprint density at radius 3 is 2.27 bits per heavy atom. The van der Waals surface area contributed by atoms with Crippen LogP contribution in [-0.4, -0.2) is 75.7 Å². The Hall–Kier alpha value is -4.38. The van der Waals surface area contributed by atoms with Crippen molar-refractivity contribution in [3.8, 4) is 17.0 Å². The summed E-state index contributed by atoms with van der Waals surface area (Å²) in [6, 6.07) is 13.3. The number of hydrogen-bond donors (Lipinski definition) is 0. The lowest BCUT2D eigenvalue weighted by molar-refractivity contribution is -0.137. The molecule has 41 heavy (non-hydrogen) atoms. The summed E-state index contributed by atoms with van der Waals surface area (Å²) in [6.45, 7) is 2.31. The first-order valence-electron chi connectivity index (χ1n) is 13.1. The molecule has 214 valence electrons. The summed E-state index contributed by atoms with van der Waals surface area (Å²) >= 11 is 0. The van der Waals surface area contributed by atoms with Gasteiger partial charge >= 0.3 is 6.18 Å². The number of methoxy groups -OCH3 is 1. The van der Waals surface area contributed by atoms with E-state index in [1.54, 1.807) is 48.4 Å². The van der Waals surface area contributed by atoms with E-state index in [1.165, 1.54) is 18.1 Å². The van der Waals surface area contributed by atoms with E-state index in [9.17, 15) is 18.0 Å². The van der Waals surface area contributed by atoms with Gasteiger partial charge in [0.1, 0.15) is 0 Å². The molecule has 3 heterocycles. The molecule has 0 aliphatic carbocycles. The number of benzene rings is 2. The molecule has 0 spiro atoms. The van der Waals surface area contributed by atoms with E-state index in [0.29, 0.717) is 60.7 Å². The SMILES string of the molecule is COc1ccc(-c2ccc3ncc(N(C)C)c(N(C=O)c4ccc(N5CCN(C)CC5)c(C(F)(F)F)c4)c3c2)cn1. The zero-order chi connectivity index (χ0) is 29.3. The van der Waals surface area contributed by atoms with E-state index in [2.05, 4.69) is 14.9 Å². The van der Waals surface area contributed by atoms with E-state index in [-0.39, 0.29) is 11.4 Å². The highest BCUT2D eigenvalue weighted by Gasteiger charge is 2.36. The van der Waals surface area contributed by atoms with E-state index >= 15 is 0 Å². The molecule has 5 rings (SSSR count). The Balaban J connectivity index is 1.66. The molecular weight excluding hydrogens is 533 g/mol. The average molecular weight is 565 g/mol. The van der Waals surface area contributed by atoms with Crippen LogP contribution in [0.3, 0.4) is 0 Å². The summed E-state index contributed by atoms with van der Waals surface area (Å²) in [5.74, 6) is 0.472. The Morgan fingerprint density at radius 2 is 1.66 bits per heavy atom. The number of carbonyl (C=O) groups excluding carboxylic acids is 1. The predicted octanol–water partition coefficient (Wildman–Crippen LogP) is 5.44. The Bertz CT molecular complexity index is 1550. The molecule has 0 bridgehead atoms. The molecule has 8 nitrogen and oxygen atoms in total. The van der Waals surface area contributed by atoms with Crippen molar-refractivity contribution in [3.63, 3.8) is 0 Å². The van der Waals surface area contributed by atoms with Crippen molar-refractivity contribution < 1.29 is 22.7 Å². The van der Waals surface area contributed by atoms with Crippen LogP contribution in [0.25, 0.3) is 22.0 Å². The van der Waals surface area contributed by atoms with Gasteiger partial charge in [0.2, 0.25) is 12.3 Å². The van der Waals surface area contributed by atoms with E-state index in [0.717, 1.165) is 17.2 Å². The first kappa shape index (κ1) is 28.2. The fraction of sp³-hybridized carbons (Fsp3) is 0.300. The van der Waals surface area contributed by atoms with Gasteiger partial charge in [-0.15, -0.1) is 0 Å². The largest absolute Gasteiger partial charge is 0.481 e. The van der Waals surface area contributed by atoms with Crippen LogP contribution < -0.4 is 19.4 Å². The minimum Gasteiger partial charge on any atom is -0.481 e. The molecule has 2 aromatic carbocycles. The first-order valence-corrected chi connectivity index (χ1v) is 13.1. The minimum absolute atomic E-state index is 0.109. The molecule has 11 heteroatoms. The van der Waals surface area contributed by atoms with E-state index in [1.807, 2.05) is 31.3 Å². The summed E-state index contributed by atoms with van der Waals surface area (Å²) in [5, 5.41) is 0.605. The third-order valence-electron chi connectivity index (χ3n) is 7.33. The molecule has 1 aliphatic rings. The molecule has 0 radical (unpaired) electrons. The summed E-state index contributed by atoms with van der Waals surface area (Å²) in [4.78, 5) is 28.4. The van der Waals surface area contributed by atoms with Crippen LogP contribution in [0.4, 0.5) is 35.9 Å². The summed E-state index contributed by atoms with van der Waals surface area (Å²) in [6.07, 6.45) is -0.768. The van der Waals surface area contributed by atoms with Crippen LogP contribution in [0.5, 0.6) is 5.88 Å². The van der Waals surface area contributed by atoms with E-state index < -0.39 is 11.7 Å². The summed E-state index contributed by atoms with van der Waals surface area (Å²) in [7, 11) is 7.08. The van der Waals surface area contributed by atoms with Gasteiger partial charge < -0.3 is 19.4 Å². The second-order valence-electron chi connectivity index (χ2n) is 10.2. The standard InChI is InChI=1S/C30H31F3N6O2/c1-36(2)27-18-34-25-8-5-20(21-6-10-28(41-4)35-17-21)15-23(25)29(27)39(19-40)22-7-9-26(24(16-22)30(31,32)33)38-13-11-37(3)12-14-38/h5-10,15-19H,11-14H2,1-4H3. The number of anilines is 4. The van der Waals surface area contributed by atoms with Crippen LogP contribution in [0, 0.1) is 0 Å². The lowest BCUT2D eigenvalue weighted by atomic mass is 10.0. The maximum Gasteiger partial charge on any atom is 0.418 e.